The van der Waals surface area contributed by atoms with Crippen LogP contribution in [0.2, 0.25) is 10.2 Å². The molecule has 0 bridgehead atoms. The van der Waals surface area contributed by atoms with Crippen LogP contribution < -0.4 is 10.6 Å². The maximum atomic E-state index is 6.03. The van der Waals surface area contributed by atoms with Gasteiger partial charge in [-0.15, -0.1) is 24.0 Å². The molecule has 2 N–H and O–H groups in total. The lowest BCUT2D eigenvalue weighted by atomic mass is 10.4. The van der Waals surface area contributed by atoms with Crippen LogP contribution in [0.4, 0.5) is 0 Å². The van der Waals surface area contributed by atoms with E-state index in [1.54, 1.807) is 7.05 Å². The third-order valence-electron chi connectivity index (χ3n) is 2.95. The van der Waals surface area contributed by atoms with Crippen LogP contribution in [-0.2, 0) is 13.6 Å². The number of aliphatic imine (C=N–C) groups is 1. The van der Waals surface area contributed by atoms with Crippen LogP contribution >= 0.6 is 47.2 Å². The van der Waals surface area contributed by atoms with E-state index in [2.05, 4.69) is 34.6 Å². The summed E-state index contributed by atoms with van der Waals surface area (Å²) in [7, 11) is 7.77. The molecule has 0 saturated carbocycles. The van der Waals surface area contributed by atoms with Gasteiger partial charge in [0.1, 0.15) is 5.15 Å². The summed E-state index contributed by atoms with van der Waals surface area (Å²) in [5.74, 6) is 0.775. The first-order chi connectivity index (χ1) is 9.45. The van der Waals surface area contributed by atoms with Crippen LogP contribution in [0.3, 0.4) is 0 Å². The predicted molar refractivity (Wildman–Crippen MR) is 102 cm³/mol. The average molecular weight is 448 g/mol. The fraction of sp³-hybridized carbons (Fsp3) is 0.615. The number of nitrogens with one attached hydrogen (secondary N) is 2. The molecule has 1 aromatic heterocycles. The molecule has 0 amide bonds. The van der Waals surface area contributed by atoms with Gasteiger partial charge < -0.3 is 20.1 Å². The molecular weight excluding hydrogens is 424 g/mol. The molecule has 0 fully saturated rings. The molecule has 0 saturated heterocycles. The molecule has 1 heterocycles. The summed E-state index contributed by atoms with van der Waals surface area (Å²) in [5, 5.41) is 7.64. The Bertz CT molecular complexity index is 460. The Morgan fingerprint density at radius 3 is 2.48 bits per heavy atom. The Morgan fingerprint density at radius 1 is 1.33 bits per heavy atom. The van der Waals surface area contributed by atoms with E-state index in [0.717, 1.165) is 31.2 Å². The van der Waals surface area contributed by atoms with Crippen molar-refractivity contribution in [2.24, 2.45) is 12.0 Å². The van der Waals surface area contributed by atoms with E-state index in [1.807, 2.05) is 17.7 Å². The normalized spacial score (nSPS) is 11.5. The van der Waals surface area contributed by atoms with Gasteiger partial charge in [-0.05, 0) is 33.1 Å². The molecule has 0 atom stereocenters. The Labute approximate surface area is 154 Å². The Balaban J connectivity index is 0.00000400. The Morgan fingerprint density at radius 2 is 2.00 bits per heavy atom. The number of halogens is 3. The number of hydrogen-bond donors (Lipinski definition) is 2. The number of aromatic nitrogens is 1. The Hall–Kier alpha value is -0.180. The third kappa shape index (κ3) is 7.08. The highest BCUT2D eigenvalue weighted by Gasteiger charge is 2.09. The summed E-state index contributed by atoms with van der Waals surface area (Å²) in [5.41, 5.74) is 1.01. The minimum Gasteiger partial charge on any atom is -0.356 e. The molecule has 122 valence electrons. The number of guanidine groups is 1. The van der Waals surface area contributed by atoms with Gasteiger partial charge in [0.05, 0.1) is 11.6 Å². The van der Waals surface area contributed by atoms with Gasteiger partial charge in [-0.1, -0.05) is 23.2 Å². The molecule has 0 aliphatic carbocycles. The lowest BCUT2D eigenvalue weighted by Crippen LogP contribution is -2.38. The minimum atomic E-state index is 0. The fourth-order valence-electron chi connectivity index (χ4n) is 1.76. The van der Waals surface area contributed by atoms with Crippen molar-refractivity contribution < 1.29 is 0 Å². The number of nitrogens with zero attached hydrogens (tertiary/aromatic N) is 3. The minimum absolute atomic E-state index is 0. The van der Waals surface area contributed by atoms with Crippen molar-refractivity contribution in [1.29, 1.82) is 0 Å². The molecule has 1 aromatic rings. The summed E-state index contributed by atoms with van der Waals surface area (Å²) in [6.07, 6.45) is 1.06. The second-order valence-corrected chi connectivity index (χ2v) is 5.61. The molecule has 0 aliphatic rings. The van der Waals surface area contributed by atoms with E-state index in [1.165, 1.54) is 0 Å². The van der Waals surface area contributed by atoms with Crippen LogP contribution in [0.1, 0.15) is 12.1 Å². The standard InChI is InChI=1S/C13H23Cl2N5.HI/c1-16-13(17-6-5-7-19(2)3)18-9-10-8-11(14)12(15)20(10)4;/h8H,5-7,9H2,1-4H3,(H2,16,17,18);1H. The fourth-order valence-corrected chi connectivity index (χ4v) is 2.17. The van der Waals surface area contributed by atoms with E-state index in [0.29, 0.717) is 16.7 Å². The molecule has 0 spiro atoms. The van der Waals surface area contributed by atoms with Gasteiger partial charge >= 0.3 is 0 Å². The zero-order chi connectivity index (χ0) is 15.1. The zero-order valence-corrected chi connectivity index (χ0v) is 16.8. The topological polar surface area (TPSA) is 44.6 Å². The molecule has 1 rings (SSSR count). The van der Waals surface area contributed by atoms with E-state index >= 15 is 0 Å². The lowest BCUT2D eigenvalue weighted by Gasteiger charge is -2.14. The van der Waals surface area contributed by atoms with Crippen molar-refractivity contribution in [1.82, 2.24) is 20.1 Å². The highest BCUT2D eigenvalue weighted by Crippen LogP contribution is 2.24. The first-order valence-corrected chi connectivity index (χ1v) is 7.30. The van der Waals surface area contributed by atoms with Gasteiger partial charge in [0.2, 0.25) is 0 Å². The first kappa shape index (κ1) is 20.8. The summed E-state index contributed by atoms with van der Waals surface area (Å²) >= 11 is 12.0. The van der Waals surface area contributed by atoms with Gasteiger partial charge in [-0.3, -0.25) is 4.99 Å². The van der Waals surface area contributed by atoms with E-state index in [4.69, 9.17) is 23.2 Å². The van der Waals surface area contributed by atoms with Gasteiger partial charge in [0.15, 0.2) is 5.96 Å². The smallest absolute Gasteiger partial charge is 0.191 e. The van der Waals surface area contributed by atoms with Crippen LogP contribution in [0, 0.1) is 0 Å². The molecule has 8 heteroatoms. The lowest BCUT2D eigenvalue weighted by molar-refractivity contribution is 0.399. The average Bonchev–Trinajstić information content (AvgIpc) is 2.65. The van der Waals surface area contributed by atoms with Crippen molar-refractivity contribution in [3.8, 4) is 0 Å². The van der Waals surface area contributed by atoms with Gasteiger partial charge in [0.25, 0.3) is 0 Å². The number of rotatable bonds is 6. The Kier molecular flexibility index (Phi) is 10.4. The maximum Gasteiger partial charge on any atom is 0.191 e. The van der Waals surface area contributed by atoms with Crippen molar-refractivity contribution >= 4 is 53.1 Å². The summed E-state index contributed by atoms with van der Waals surface area (Å²) in [4.78, 5) is 6.34. The highest BCUT2D eigenvalue weighted by molar-refractivity contribution is 14.0. The molecule has 5 nitrogen and oxygen atoms in total. The van der Waals surface area contributed by atoms with Crippen LogP contribution in [0.25, 0.3) is 0 Å². The second kappa shape index (κ2) is 10.5. The molecule has 0 aliphatic heterocycles. The van der Waals surface area contributed by atoms with Crippen molar-refractivity contribution in [2.45, 2.75) is 13.0 Å². The van der Waals surface area contributed by atoms with E-state index in [-0.39, 0.29) is 24.0 Å². The predicted octanol–water partition coefficient (Wildman–Crippen LogP) is 2.57. The largest absolute Gasteiger partial charge is 0.356 e. The van der Waals surface area contributed by atoms with Crippen molar-refractivity contribution in [3.05, 3.63) is 21.9 Å². The van der Waals surface area contributed by atoms with E-state index < -0.39 is 0 Å². The monoisotopic (exact) mass is 447 g/mol. The zero-order valence-electron chi connectivity index (χ0n) is 12.9. The molecule has 0 radical (unpaired) electrons. The summed E-state index contributed by atoms with van der Waals surface area (Å²) < 4.78 is 1.86. The van der Waals surface area contributed by atoms with Gasteiger partial charge in [0, 0.05) is 26.3 Å². The molecule has 0 unspecified atom stereocenters. The quantitative estimate of drug-likeness (QED) is 0.305. The maximum absolute atomic E-state index is 6.03. The van der Waals surface area contributed by atoms with Gasteiger partial charge in [-0.25, -0.2) is 0 Å². The van der Waals surface area contributed by atoms with Crippen molar-refractivity contribution in [3.63, 3.8) is 0 Å². The van der Waals surface area contributed by atoms with Crippen molar-refractivity contribution in [2.75, 3.05) is 34.2 Å². The summed E-state index contributed by atoms with van der Waals surface area (Å²) in [6.45, 7) is 2.55. The van der Waals surface area contributed by atoms with Crippen LogP contribution in [0.5, 0.6) is 0 Å². The van der Waals surface area contributed by atoms with Gasteiger partial charge in [-0.2, -0.15) is 0 Å². The van der Waals surface area contributed by atoms with Crippen LogP contribution in [-0.4, -0.2) is 49.7 Å². The molecule has 21 heavy (non-hydrogen) atoms. The summed E-state index contributed by atoms with van der Waals surface area (Å²) in [6, 6.07) is 1.86. The number of hydrogen-bond acceptors (Lipinski definition) is 2. The van der Waals surface area contributed by atoms with E-state index in [9.17, 15) is 0 Å². The molecular formula is C13H24Cl2IN5. The highest BCUT2D eigenvalue weighted by atomic mass is 127. The SMILES string of the molecule is CN=C(NCCCN(C)C)NCc1cc(Cl)c(Cl)n1C.I. The third-order valence-corrected chi connectivity index (χ3v) is 3.79. The van der Waals surface area contributed by atoms with Crippen LogP contribution in [0.15, 0.2) is 11.1 Å². The second-order valence-electron chi connectivity index (χ2n) is 4.84. The molecule has 0 aromatic carbocycles. The first-order valence-electron chi connectivity index (χ1n) is 6.54.